The Labute approximate surface area is 80.6 Å². The van der Waals surface area contributed by atoms with Gasteiger partial charge in [0.05, 0.1) is 5.60 Å². The molecule has 4 heteroatoms. The first-order chi connectivity index (χ1) is 5.82. The summed E-state index contributed by atoms with van der Waals surface area (Å²) < 4.78 is 0. The predicted octanol–water partition coefficient (Wildman–Crippen LogP) is 1.98. The predicted molar refractivity (Wildman–Crippen MR) is 51.3 cm³/mol. The summed E-state index contributed by atoms with van der Waals surface area (Å²) in [4.78, 5) is 11.7. The largest absolute Gasteiger partial charge is 0.477 e. The molecule has 0 saturated carbocycles. The first kappa shape index (κ1) is 10.2. The zero-order chi connectivity index (χ0) is 10.2. The first-order valence-corrected chi connectivity index (χ1v) is 4.70. The molecule has 1 aromatic rings. The number of rotatable bonds is 2. The Morgan fingerprint density at radius 3 is 2.31 bits per heavy atom. The van der Waals surface area contributed by atoms with E-state index < -0.39 is 11.6 Å². The van der Waals surface area contributed by atoms with Crippen LogP contribution >= 0.6 is 11.3 Å². The van der Waals surface area contributed by atoms with Crippen molar-refractivity contribution in [2.45, 2.75) is 26.4 Å². The van der Waals surface area contributed by atoms with Crippen LogP contribution < -0.4 is 0 Å². The van der Waals surface area contributed by atoms with E-state index >= 15 is 0 Å². The lowest BCUT2D eigenvalue weighted by Crippen LogP contribution is -2.12. The molecule has 0 radical (unpaired) electrons. The van der Waals surface area contributed by atoms with E-state index in [-0.39, 0.29) is 0 Å². The van der Waals surface area contributed by atoms with Gasteiger partial charge in [0.1, 0.15) is 4.88 Å². The summed E-state index contributed by atoms with van der Waals surface area (Å²) in [5.41, 5.74) is -0.252. The minimum atomic E-state index is -0.955. The van der Waals surface area contributed by atoms with Gasteiger partial charge in [-0.2, -0.15) is 0 Å². The van der Waals surface area contributed by atoms with Crippen LogP contribution in [-0.4, -0.2) is 16.2 Å². The van der Waals surface area contributed by atoms with Crippen LogP contribution in [0, 0.1) is 6.92 Å². The van der Waals surface area contributed by atoms with Gasteiger partial charge in [-0.3, -0.25) is 0 Å². The summed E-state index contributed by atoms with van der Waals surface area (Å²) in [5.74, 6) is -0.932. The van der Waals surface area contributed by atoms with Gasteiger partial charge in [0.15, 0.2) is 0 Å². The summed E-state index contributed by atoms with van der Waals surface area (Å²) in [6, 6.07) is 1.72. The van der Waals surface area contributed by atoms with E-state index in [1.165, 1.54) is 0 Å². The van der Waals surface area contributed by atoms with Crippen LogP contribution in [0.25, 0.3) is 0 Å². The van der Waals surface area contributed by atoms with Crippen LogP contribution in [-0.2, 0) is 5.60 Å². The van der Waals surface area contributed by atoms with Gasteiger partial charge >= 0.3 is 5.97 Å². The standard InChI is InChI=1S/C9H12O3S/c1-5-4-6(9(2,3)12)13-7(5)8(10)11/h4,12H,1-3H3,(H,10,11). The van der Waals surface area contributed by atoms with Crippen molar-refractivity contribution in [3.05, 3.63) is 21.4 Å². The maximum Gasteiger partial charge on any atom is 0.346 e. The molecule has 0 fully saturated rings. The summed E-state index contributed by atoms with van der Waals surface area (Å²) in [7, 11) is 0. The number of carbonyl (C=O) groups is 1. The van der Waals surface area contributed by atoms with E-state index in [2.05, 4.69) is 0 Å². The van der Waals surface area contributed by atoms with Crippen molar-refractivity contribution in [1.29, 1.82) is 0 Å². The highest BCUT2D eigenvalue weighted by molar-refractivity contribution is 7.14. The number of thiophene rings is 1. The number of hydrogen-bond donors (Lipinski definition) is 2. The van der Waals surface area contributed by atoms with E-state index in [4.69, 9.17) is 5.11 Å². The third-order valence-corrected chi connectivity index (χ3v) is 3.25. The lowest BCUT2D eigenvalue weighted by molar-refractivity contribution is 0.0701. The molecular formula is C9H12O3S. The Kier molecular flexibility index (Phi) is 2.45. The number of aryl methyl sites for hydroxylation is 1. The minimum absolute atomic E-state index is 0.303. The fourth-order valence-electron chi connectivity index (χ4n) is 0.996. The summed E-state index contributed by atoms with van der Waals surface area (Å²) in [6.07, 6.45) is 0. The zero-order valence-corrected chi connectivity index (χ0v) is 8.60. The molecule has 72 valence electrons. The van der Waals surface area contributed by atoms with Gasteiger partial charge in [0.2, 0.25) is 0 Å². The highest BCUT2D eigenvalue weighted by atomic mass is 32.1. The van der Waals surface area contributed by atoms with Gasteiger partial charge in [0, 0.05) is 4.88 Å². The molecule has 0 amide bonds. The third kappa shape index (κ3) is 2.08. The monoisotopic (exact) mass is 200 g/mol. The molecule has 0 aromatic carbocycles. The van der Waals surface area contributed by atoms with Crippen LogP contribution in [0.1, 0.15) is 34.0 Å². The zero-order valence-electron chi connectivity index (χ0n) is 7.79. The SMILES string of the molecule is Cc1cc(C(C)(C)O)sc1C(=O)O. The van der Waals surface area contributed by atoms with Gasteiger partial charge in [-0.1, -0.05) is 0 Å². The average Bonchev–Trinajstić information content (AvgIpc) is 2.29. The molecule has 2 N–H and O–H groups in total. The third-order valence-electron chi connectivity index (χ3n) is 1.72. The van der Waals surface area contributed by atoms with Gasteiger partial charge in [-0.15, -0.1) is 11.3 Å². The van der Waals surface area contributed by atoms with Crippen molar-refractivity contribution < 1.29 is 15.0 Å². The maximum absolute atomic E-state index is 10.7. The van der Waals surface area contributed by atoms with E-state index in [9.17, 15) is 9.90 Å². The highest BCUT2D eigenvalue weighted by Gasteiger charge is 2.22. The Hall–Kier alpha value is -0.870. The van der Waals surface area contributed by atoms with E-state index in [1.807, 2.05) is 0 Å². The van der Waals surface area contributed by atoms with E-state index in [0.29, 0.717) is 15.3 Å². The molecule has 0 atom stereocenters. The molecule has 13 heavy (non-hydrogen) atoms. The molecular weight excluding hydrogens is 188 g/mol. The first-order valence-electron chi connectivity index (χ1n) is 3.89. The van der Waals surface area contributed by atoms with Gasteiger partial charge in [-0.05, 0) is 32.4 Å². The summed E-state index contributed by atoms with van der Waals surface area (Å²) in [5, 5.41) is 18.4. The summed E-state index contributed by atoms with van der Waals surface area (Å²) in [6.45, 7) is 5.02. The van der Waals surface area contributed by atoms with E-state index in [0.717, 1.165) is 11.3 Å². The van der Waals surface area contributed by atoms with Gasteiger partial charge in [-0.25, -0.2) is 4.79 Å². The van der Waals surface area contributed by atoms with Crippen molar-refractivity contribution in [3.8, 4) is 0 Å². The van der Waals surface area contributed by atoms with Gasteiger partial charge in [0.25, 0.3) is 0 Å². The molecule has 1 aromatic heterocycles. The number of hydrogen-bond acceptors (Lipinski definition) is 3. The van der Waals surface area contributed by atoms with Crippen molar-refractivity contribution in [3.63, 3.8) is 0 Å². The normalized spacial score (nSPS) is 11.7. The second-order valence-electron chi connectivity index (χ2n) is 3.49. The van der Waals surface area contributed by atoms with Crippen molar-refractivity contribution in [1.82, 2.24) is 0 Å². The molecule has 1 rings (SSSR count). The van der Waals surface area contributed by atoms with Gasteiger partial charge < -0.3 is 10.2 Å². The van der Waals surface area contributed by atoms with Crippen molar-refractivity contribution >= 4 is 17.3 Å². The van der Waals surface area contributed by atoms with Crippen molar-refractivity contribution in [2.75, 3.05) is 0 Å². The maximum atomic E-state index is 10.7. The molecule has 1 heterocycles. The Morgan fingerprint density at radius 1 is 1.54 bits per heavy atom. The fraction of sp³-hybridized carbons (Fsp3) is 0.444. The van der Waals surface area contributed by atoms with Crippen LogP contribution in [0.15, 0.2) is 6.07 Å². The quantitative estimate of drug-likeness (QED) is 0.767. The Morgan fingerprint density at radius 2 is 2.08 bits per heavy atom. The molecule has 0 aliphatic carbocycles. The fourth-order valence-corrected chi connectivity index (χ4v) is 2.01. The number of aromatic carboxylic acids is 1. The molecule has 0 bridgehead atoms. The highest BCUT2D eigenvalue weighted by Crippen LogP contribution is 2.30. The van der Waals surface area contributed by atoms with Crippen LogP contribution in [0.2, 0.25) is 0 Å². The van der Waals surface area contributed by atoms with Crippen LogP contribution in [0.5, 0.6) is 0 Å². The molecule has 0 spiro atoms. The molecule has 0 aliphatic rings. The van der Waals surface area contributed by atoms with Crippen LogP contribution in [0.3, 0.4) is 0 Å². The number of carboxylic acid groups (broad SMARTS) is 1. The summed E-state index contributed by atoms with van der Waals surface area (Å²) >= 11 is 1.12. The Bertz CT molecular complexity index is 333. The smallest absolute Gasteiger partial charge is 0.346 e. The molecule has 0 unspecified atom stereocenters. The minimum Gasteiger partial charge on any atom is -0.477 e. The van der Waals surface area contributed by atoms with Crippen molar-refractivity contribution in [2.24, 2.45) is 0 Å². The topological polar surface area (TPSA) is 57.5 Å². The number of aliphatic hydroxyl groups is 1. The molecule has 3 nitrogen and oxygen atoms in total. The average molecular weight is 200 g/mol. The second kappa shape index (κ2) is 3.12. The Balaban J connectivity index is 3.17. The lowest BCUT2D eigenvalue weighted by atomic mass is 10.1. The van der Waals surface area contributed by atoms with Crippen LogP contribution in [0.4, 0.5) is 0 Å². The number of carboxylic acids is 1. The molecule has 0 aliphatic heterocycles. The second-order valence-corrected chi connectivity index (χ2v) is 4.54. The lowest BCUT2D eigenvalue weighted by Gasteiger charge is -2.13. The van der Waals surface area contributed by atoms with E-state index in [1.54, 1.807) is 26.8 Å². The molecule has 0 saturated heterocycles.